The molecule has 20 heavy (non-hydrogen) atoms. The van der Waals surface area contributed by atoms with E-state index in [0.29, 0.717) is 22.1 Å². The third-order valence-electron chi connectivity index (χ3n) is 3.82. The van der Waals surface area contributed by atoms with E-state index in [1.807, 2.05) is 30.7 Å². The number of benzene rings is 1. The maximum absolute atomic E-state index is 6.11. The number of hydrogen-bond donors (Lipinski definition) is 1. The molecule has 2 aromatic rings. The number of aromatic nitrogens is 2. The van der Waals surface area contributed by atoms with E-state index in [2.05, 4.69) is 21.8 Å². The van der Waals surface area contributed by atoms with E-state index >= 15 is 0 Å². The molecule has 0 amide bonds. The summed E-state index contributed by atoms with van der Waals surface area (Å²) in [5.41, 5.74) is 2.17. The molecule has 2 atom stereocenters. The minimum absolute atomic E-state index is 0.343. The summed E-state index contributed by atoms with van der Waals surface area (Å²) in [7, 11) is 0. The lowest BCUT2D eigenvalue weighted by Crippen LogP contribution is -2.35. The third kappa shape index (κ3) is 2.71. The van der Waals surface area contributed by atoms with E-state index < -0.39 is 0 Å². The molecule has 0 aliphatic carbocycles. The van der Waals surface area contributed by atoms with Crippen LogP contribution in [-0.4, -0.2) is 15.6 Å². The van der Waals surface area contributed by atoms with Crippen molar-refractivity contribution in [1.29, 1.82) is 0 Å². The molecule has 2 unspecified atom stereocenters. The van der Waals surface area contributed by atoms with Gasteiger partial charge in [-0.25, -0.2) is 4.98 Å². The lowest BCUT2D eigenvalue weighted by Gasteiger charge is -2.29. The minimum Gasteiger partial charge on any atom is -0.306 e. The lowest BCUT2D eigenvalue weighted by atomic mass is 9.97. The zero-order chi connectivity index (χ0) is 14.1. The van der Waals surface area contributed by atoms with E-state index in [-0.39, 0.29) is 0 Å². The predicted molar refractivity (Wildman–Crippen MR) is 82.8 cm³/mol. The van der Waals surface area contributed by atoms with Gasteiger partial charge in [0.2, 0.25) is 0 Å². The van der Waals surface area contributed by atoms with Crippen molar-refractivity contribution < 1.29 is 0 Å². The van der Waals surface area contributed by atoms with Crippen molar-refractivity contribution in [2.45, 2.75) is 38.3 Å². The molecule has 1 aliphatic rings. The van der Waals surface area contributed by atoms with Gasteiger partial charge in [-0.2, -0.15) is 0 Å². The third-order valence-corrected chi connectivity index (χ3v) is 4.56. The molecule has 106 valence electrons. The molecule has 5 heteroatoms. The monoisotopic (exact) mass is 309 g/mol. The van der Waals surface area contributed by atoms with E-state index in [9.17, 15) is 0 Å². The SMILES string of the molecule is CC1CCCC(c2cncn2-c2ccc(Cl)c(Cl)c2)N1. The van der Waals surface area contributed by atoms with Crippen LogP contribution in [0.15, 0.2) is 30.7 Å². The fourth-order valence-electron chi connectivity index (χ4n) is 2.79. The van der Waals surface area contributed by atoms with E-state index in [1.165, 1.54) is 18.5 Å². The highest BCUT2D eigenvalue weighted by atomic mass is 35.5. The van der Waals surface area contributed by atoms with Crippen LogP contribution in [0.25, 0.3) is 5.69 Å². The fourth-order valence-corrected chi connectivity index (χ4v) is 3.08. The van der Waals surface area contributed by atoms with Gasteiger partial charge in [0.15, 0.2) is 0 Å². The molecule has 3 rings (SSSR count). The molecule has 0 saturated carbocycles. The first-order valence-corrected chi connectivity index (χ1v) is 7.64. The summed E-state index contributed by atoms with van der Waals surface area (Å²) in [4.78, 5) is 4.30. The van der Waals surface area contributed by atoms with Crippen LogP contribution in [0.2, 0.25) is 10.0 Å². The Morgan fingerprint density at radius 2 is 2.10 bits per heavy atom. The molecule has 1 fully saturated rings. The van der Waals surface area contributed by atoms with Gasteiger partial charge in [-0.1, -0.05) is 23.2 Å². The van der Waals surface area contributed by atoms with Crippen LogP contribution in [0.4, 0.5) is 0 Å². The van der Waals surface area contributed by atoms with Gasteiger partial charge in [0.25, 0.3) is 0 Å². The standard InChI is InChI=1S/C15H17Cl2N3/c1-10-3-2-4-14(19-10)15-8-18-9-20(15)11-5-6-12(16)13(17)7-11/h5-10,14,19H,2-4H2,1H3. The Morgan fingerprint density at radius 3 is 2.85 bits per heavy atom. The maximum atomic E-state index is 6.11. The summed E-state index contributed by atoms with van der Waals surface area (Å²) in [6.07, 6.45) is 7.37. The highest BCUT2D eigenvalue weighted by Gasteiger charge is 2.22. The number of piperidine rings is 1. The number of rotatable bonds is 2. The number of nitrogens with zero attached hydrogens (tertiary/aromatic N) is 2. The van der Waals surface area contributed by atoms with Crippen LogP contribution in [-0.2, 0) is 0 Å². The van der Waals surface area contributed by atoms with Gasteiger partial charge < -0.3 is 9.88 Å². The van der Waals surface area contributed by atoms with E-state index in [4.69, 9.17) is 23.2 Å². The van der Waals surface area contributed by atoms with Crippen LogP contribution in [0.1, 0.15) is 37.9 Å². The predicted octanol–water partition coefficient (Wildman–Crippen LogP) is 4.38. The largest absolute Gasteiger partial charge is 0.306 e. The van der Waals surface area contributed by atoms with Crippen molar-refractivity contribution in [3.05, 3.63) is 46.5 Å². The van der Waals surface area contributed by atoms with Crippen molar-refractivity contribution in [3.63, 3.8) is 0 Å². The Hall–Kier alpha value is -1.03. The normalized spacial score (nSPS) is 22.9. The molecule has 1 saturated heterocycles. The Kier molecular flexibility index (Phi) is 4.01. The highest BCUT2D eigenvalue weighted by molar-refractivity contribution is 6.42. The van der Waals surface area contributed by atoms with Crippen LogP contribution in [0, 0.1) is 0 Å². The quantitative estimate of drug-likeness (QED) is 0.892. The summed E-state index contributed by atoms with van der Waals surface area (Å²) >= 11 is 12.1. The molecule has 1 N–H and O–H groups in total. The van der Waals surface area contributed by atoms with Gasteiger partial charge in [0.1, 0.15) is 0 Å². The first kappa shape index (κ1) is 13.9. The van der Waals surface area contributed by atoms with Gasteiger partial charge in [-0.15, -0.1) is 0 Å². The van der Waals surface area contributed by atoms with E-state index in [1.54, 1.807) is 0 Å². The fraction of sp³-hybridized carbons (Fsp3) is 0.400. The van der Waals surface area contributed by atoms with Gasteiger partial charge in [0.05, 0.1) is 28.3 Å². The van der Waals surface area contributed by atoms with Crippen molar-refractivity contribution in [3.8, 4) is 5.69 Å². The molecule has 0 spiro atoms. The summed E-state index contributed by atoms with van der Waals surface area (Å²) in [5.74, 6) is 0. The Balaban J connectivity index is 1.95. The molecular formula is C15H17Cl2N3. The van der Waals surface area contributed by atoms with Crippen molar-refractivity contribution in [1.82, 2.24) is 14.9 Å². The van der Waals surface area contributed by atoms with Gasteiger partial charge in [0, 0.05) is 17.8 Å². The van der Waals surface area contributed by atoms with Gasteiger partial charge in [-0.05, 0) is 44.4 Å². The number of imidazole rings is 1. The Bertz CT molecular complexity index is 609. The first-order chi connectivity index (χ1) is 9.65. The second kappa shape index (κ2) is 5.76. The second-order valence-corrected chi connectivity index (χ2v) is 6.15. The molecule has 1 aromatic heterocycles. The molecular weight excluding hydrogens is 293 g/mol. The molecule has 1 aliphatic heterocycles. The van der Waals surface area contributed by atoms with Crippen LogP contribution < -0.4 is 5.32 Å². The topological polar surface area (TPSA) is 29.9 Å². The Labute approximate surface area is 128 Å². The zero-order valence-electron chi connectivity index (χ0n) is 11.3. The lowest BCUT2D eigenvalue weighted by molar-refractivity contribution is 0.334. The summed E-state index contributed by atoms with van der Waals surface area (Å²) in [6, 6.07) is 6.55. The summed E-state index contributed by atoms with van der Waals surface area (Å²) in [6.45, 7) is 2.23. The highest BCUT2D eigenvalue weighted by Crippen LogP contribution is 2.29. The summed E-state index contributed by atoms with van der Waals surface area (Å²) < 4.78 is 2.08. The number of halogens is 2. The van der Waals surface area contributed by atoms with Crippen molar-refractivity contribution in [2.75, 3.05) is 0 Å². The minimum atomic E-state index is 0.343. The molecule has 0 radical (unpaired) electrons. The molecule has 1 aromatic carbocycles. The first-order valence-electron chi connectivity index (χ1n) is 6.89. The number of nitrogens with one attached hydrogen (secondary N) is 1. The Morgan fingerprint density at radius 1 is 1.25 bits per heavy atom. The van der Waals surface area contributed by atoms with E-state index in [0.717, 1.165) is 12.1 Å². The zero-order valence-corrected chi connectivity index (χ0v) is 12.8. The van der Waals surface area contributed by atoms with Crippen LogP contribution in [0.3, 0.4) is 0 Å². The maximum Gasteiger partial charge on any atom is 0.0994 e. The number of hydrogen-bond acceptors (Lipinski definition) is 2. The van der Waals surface area contributed by atoms with Crippen LogP contribution in [0.5, 0.6) is 0 Å². The van der Waals surface area contributed by atoms with Gasteiger partial charge in [-0.3, -0.25) is 0 Å². The van der Waals surface area contributed by atoms with Crippen molar-refractivity contribution in [2.24, 2.45) is 0 Å². The molecule has 2 heterocycles. The second-order valence-electron chi connectivity index (χ2n) is 5.34. The van der Waals surface area contributed by atoms with Crippen molar-refractivity contribution >= 4 is 23.2 Å². The van der Waals surface area contributed by atoms with Gasteiger partial charge >= 0.3 is 0 Å². The molecule has 3 nitrogen and oxygen atoms in total. The van der Waals surface area contributed by atoms with Crippen LogP contribution >= 0.6 is 23.2 Å². The molecule has 0 bridgehead atoms. The average molecular weight is 310 g/mol. The average Bonchev–Trinajstić information content (AvgIpc) is 2.91. The smallest absolute Gasteiger partial charge is 0.0994 e. The summed E-state index contributed by atoms with van der Waals surface area (Å²) in [5, 5.41) is 4.77.